The minimum atomic E-state index is 0. The Hall–Kier alpha value is -2.71. The molecule has 0 saturated heterocycles. The summed E-state index contributed by atoms with van der Waals surface area (Å²) in [7, 11) is 2.07. The maximum atomic E-state index is 4.81. The van der Waals surface area contributed by atoms with Crippen molar-refractivity contribution in [1.29, 1.82) is 0 Å². The van der Waals surface area contributed by atoms with Gasteiger partial charge in [-0.05, 0) is 62.5 Å². The average Bonchev–Trinajstić information content (AvgIpc) is 3.39. The molecule has 0 aliphatic carbocycles. The zero-order valence-electron chi connectivity index (χ0n) is 15.9. The molecule has 0 fully saturated rings. The largest absolute Gasteiger partial charge is 0.417 e. The molecule has 0 atom stereocenters. The van der Waals surface area contributed by atoms with Crippen LogP contribution in [0.2, 0.25) is 0 Å². The van der Waals surface area contributed by atoms with Gasteiger partial charge in [0.1, 0.15) is 0 Å². The summed E-state index contributed by atoms with van der Waals surface area (Å²) in [6.45, 7) is 4.22. The molecular formula is C23H19N4Pt-. The minimum Gasteiger partial charge on any atom is -0.417 e. The zero-order valence-corrected chi connectivity index (χ0v) is 18.1. The Morgan fingerprint density at radius 1 is 0.857 bits per heavy atom. The van der Waals surface area contributed by atoms with E-state index in [2.05, 4.69) is 72.9 Å². The van der Waals surface area contributed by atoms with Crippen molar-refractivity contribution in [2.24, 2.45) is 7.05 Å². The third kappa shape index (κ3) is 3.18. The Morgan fingerprint density at radius 3 is 2.18 bits per heavy atom. The number of aromatic amines is 1. The molecule has 3 aromatic heterocycles. The summed E-state index contributed by atoms with van der Waals surface area (Å²) in [4.78, 5) is 12.9. The molecular weight excluding hydrogens is 527 g/mol. The molecule has 0 saturated carbocycles. The van der Waals surface area contributed by atoms with E-state index in [0.29, 0.717) is 0 Å². The third-order valence-corrected chi connectivity index (χ3v) is 5.07. The fourth-order valence-corrected chi connectivity index (χ4v) is 3.77. The molecule has 5 heterocycles. The number of aryl methyl sites for hydroxylation is 3. The third-order valence-electron chi connectivity index (χ3n) is 5.07. The van der Waals surface area contributed by atoms with Crippen molar-refractivity contribution >= 4 is 46.4 Å². The molecule has 3 aromatic rings. The van der Waals surface area contributed by atoms with Crippen LogP contribution >= 0.6 is 0 Å². The van der Waals surface area contributed by atoms with Crippen molar-refractivity contribution < 1.29 is 21.1 Å². The van der Waals surface area contributed by atoms with Gasteiger partial charge in [-0.1, -0.05) is 23.5 Å². The normalized spacial score (nSPS) is 12.2. The van der Waals surface area contributed by atoms with Gasteiger partial charge in [0.15, 0.2) is 0 Å². The van der Waals surface area contributed by atoms with Gasteiger partial charge in [0, 0.05) is 37.8 Å². The number of hydrogen-bond acceptors (Lipinski definition) is 2. The molecule has 2 aliphatic rings. The first-order valence-electron chi connectivity index (χ1n) is 9.00. The van der Waals surface area contributed by atoms with Gasteiger partial charge < -0.3 is 9.55 Å². The van der Waals surface area contributed by atoms with Gasteiger partial charge in [-0.15, -0.1) is 11.6 Å². The Bertz CT molecular complexity index is 1310. The van der Waals surface area contributed by atoms with Crippen LogP contribution < -0.4 is 0 Å². The predicted molar refractivity (Wildman–Crippen MR) is 112 cm³/mol. The molecule has 0 amide bonds. The second-order valence-electron chi connectivity index (χ2n) is 7.02. The van der Waals surface area contributed by atoms with Crippen molar-refractivity contribution in [2.75, 3.05) is 0 Å². The summed E-state index contributed by atoms with van der Waals surface area (Å²) in [5, 5.41) is 0. The van der Waals surface area contributed by atoms with Gasteiger partial charge in [0.2, 0.25) is 0 Å². The maximum absolute atomic E-state index is 4.81. The van der Waals surface area contributed by atoms with E-state index >= 15 is 0 Å². The molecule has 4 nitrogen and oxygen atoms in total. The first-order chi connectivity index (χ1) is 13.1. The van der Waals surface area contributed by atoms with Crippen molar-refractivity contribution in [1.82, 2.24) is 19.5 Å². The first-order valence-corrected chi connectivity index (χ1v) is 9.00. The van der Waals surface area contributed by atoms with E-state index in [1.54, 1.807) is 0 Å². The predicted octanol–water partition coefficient (Wildman–Crippen LogP) is 5.08. The van der Waals surface area contributed by atoms with E-state index in [-0.39, 0.29) is 21.1 Å². The molecule has 5 heteroatoms. The summed E-state index contributed by atoms with van der Waals surface area (Å²) < 4.78 is 2.17. The van der Waals surface area contributed by atoms with Gasteiger partial charge in [-0.25, -0.2) is 4.98 Å². The SMILES string of the molecule is Cc1[c-]c2cc3nc(cc4ccc(cc5nc(c(C)c1n2C)C=C5)[nH]4)C=C3.[Pt]. The van der Waals surface area contributed by atoms with E-state index in [1.807, 2.05) is 18.2 Å². The van der Waals surface area contributed by atoms with Gasteiger partial charge >= 0.3 is 0 Å². The number of rotatable bonds is 0. The zero-order chi connectivity index (χ0) is 18.5. The number of aromatic nitrogens is 4. The Balaban J connectivity index is 0.00000192. The van der Waals surface area contributed by atoms with E-state index in [0.717, 1.165) is 56.0 Å². The summed E-state index contributed by atoms with van der Waals surface area (Å²) >= 11 is 0. The number of nitrogens with zero attached hydrogens (tertiary/aromatic N) is 3. The average molecular weight is 547 g/mol. The van der Waals surface area contributed by atoms with Crippen LogP contribution in [0.5, 0.6) is 0 Å². The Labute approximate surface area is 177 Å². The van der Waals surface area contributed by atoms with Crippen molar-refractivity contribution in [3.05, 3.63) is 70.3 Å². The van der Waals surface area contributed by atoms with Crippen LogP contribution in [0.25, 0.3) is 46.4 Å². The molecule has 2 aliphatic heterocycles. The molecule has 1 N–H and O–H groups in total. The van der Waals surface area contributed by atoms with Gasteiger partial charge in [0.05, 0.1) is 17.1 Å². The quantitative estimate of drug-likeness (QED) is 0.276. The van der Waals surface area contributed by atoms with E-state index in [9.17, 15) is 0 Å². The van der Waals surface area contributed by atoms with E-state index in [1.165, 1.54) is 0 Å². The van der Waals surface area contributed by atoms with Gasteiger partial charge in [0.25, 0.3) is 0 Å². The fraction of sp³-hybridized carbons (Fsp3) is 0.130. The molecule has 8 bridgehead atoms. The molecule has 5 rings (SSSR count). The van der Waals surface area contributed by atoms with Crippen LogP contribution in [0.4, 0.5) is 0 Å². The number of H-pyrrole nitrogens is 1. The Morgan fingerprint density at radius 2 is 1.46 bits per heavy atom. The number of hydrogen-bond donors (Lipinski definition) is 1. The van der Waals surface area contributed by atoms with Crippen LogP contribution in [0.3, 0.4) is 0 Å². The standard InChI is InChI=1S/C23H19N4.Pt/c1-14-10-21-13-20-7-6-17(25-20)11-16-4-5-18(24-16)12-19-8-9-22(26-19)15(2)23(14)27(21)3;/h4-9,11-13,24H,1-3H3;/q-1;. The van der Waals surface area contributed by atoms with Crippen LogP contribution in [0.1, 0.15) is 33.9 Å². The van der Waals surface area contributed by atoms with Gasteiger partial charge in [-0.3, -0.25) is 4.98 Å². The van der Waals surface area contributed by atoms with Crippen molar-refractivity contribution in [2.45, 2.75) is 13.8 Å². The Kier molecular flexibility index (Phi) is 4.68. The molecule has 0 spiro atoms. The maximum Gasteiger partial charge on any atom is 0.0658 e. The second kappa shape index (κ2) is 7.03. The van der Waals surface area contributed by atoms with Crippen LogP contribution in [0, 0.1) is 19.9 Å². The van der Waals surface area contributed by atoms with Crippen molar-refractivity contribution in [3.8, 4) is 0 Å². The van der Waals surface area contributed by atoms with E-state index < -0.39 is 0 Å². The fourth-order valence-electron chi connectivity index (χ4n) is 3.77. The summed E-state index contributed by atoms with van der Waals surface area (Å²) in [6, 6.07) is 13.8. The summed E-state index contributed by atoms with van der Waals surface area (Å²) in [5.41, 5.74) is 10.3. The van der Waals surface area contributed by atoms with Crippen LogP contribution in [-0.4, -0.2) is 19.5 Å². The minimum absolute atomic E-state index is 0. The second-order valence-corrected chi connectivity index (χ2v) is 7.02. The smallest absolute Gasteiger partial charge is 0.0658 e. The summed E-state index contributed by atoms with van der Waals surface area (Å²) in [5.74, 6) is 0. The molecule has 0 aromatic carbocycles. The van der Waals surface area contributed by atoms with Crippen molar-refractivity contribution in [3.63, 3.8) is 0 Å². The number of fused-ring (bicyclic) bond motifs is 8. The molecule has 28 heavy (non-hydrogen) atoms. The van der Waals surface area contributed by atoms with Crippen LogP contribution in [0.15, 0.2) is 30.3 Å². The number of nitrogens with one attached hydrogen (secondary N) is 1. The topological polar surface area (TPSA) is 46.5 Å². The molecule has 0 unspecified atom stereocenters. The molecule has 142 valence electrons. The first kappa shape index (κ1) is 18.6. The monoisotopic (exact) mass is 546 g/mol. The molecule has 0 radical (unpaired) electrons. The summed E-state index contributed by atoms with van der Waals surface area (Å²) in [6.07, 6.45) is 8.21. The van der Waals surface area contributed by atoms with E-state index in [4.69, 9.17) is 9.97 Å². The van der Waals surface area contributed by atoms with Gasteiger partial charge in [-0.2, -0.15) is 6.07 Å². The van der Waals surface area contributed by atoms with Crippen LogP contribution in [-0.2, 0) is 28.1 Å².